The van der Waals surface area contributed by atoms with E-state index in [1.54, 1.807) is 11.0 Å². The molecule has 0 unspecified atom stereocenters. The minimum absolute atomic E-state index is 0.0290. The fraction of sp³-hybridized carbons (Fsp3) is 0.774. The molecule has 2 heterocycles. The molecule has 9 nitrogen and oxygen atoms in total. The fourth-order valence-corrected chi connectivity index (χ4v) is 9.88. The Morgan fingerprint density at radius 2 is 1.85 bits per heavy atom. The van der Waals surface area contributed by atoms with Crippen molar-refractivity contribution in [1.29, 1.82) is 0 Å². The Morgan fingerprint density at radius 3 is 2.52 bits per heavy atom. The van der Waals surface area contributed by atoms with Gasteiger partial charge in [0, 0.05) is 43.8 Å². The van der Waals surface area contributed by atoms with E-state index in [1.807, 2.05) is 0 Å². The normalized spacial score (nSPS) is 44.3. The van der Waals surface area contributed by atoms with E-state index in [-0.39, 0.29) is 35.4 Å². The van der Waals surface area contributed by atoms with E-state index in [1.165, 1.54) is 19.3 Å². The summed E-state index contributed by atoms with van der Waals surface area (Å²) < 4.78 is 17.0. The summed E-state index contributed by atoms with van der Waals surface area (Å²) in [6.45, 7) is 6.79. The zero-order chi connectivity index (χ0) is 28.4. The summed E-state index contributed by atoms with van der Waals surface area (Å²) >= 11 is 0. The van der Waals surface area contributed by atoms with Crippen molar-refractivity contribution in [1.82, 2.24) is 4.90 Å². The number of esters is 1. The number of aliphatic hydroxyl groups excluding tert-OH is 1. The quantitative estimate of drug-likeness (QED) is 0.534. The summed E-state index contributed by atoms with van der Waals surface area (Å²) in [4.78, 5) is 38.2. The molecule has 6 rings (SSSR count). The molecule has 10 atom stereocenters. The number of likely N-dealkylation sites (tertiary alicyclic amines) is 1. The van der Waals surface area contributed by atoms with E-state index in [0.717, 1.165) is 50.5 Å². The molecule has 4 saturated carbocycles. The highest BCUT2D eigenvalue weighted by Gasteiger charge is 2.70. The Balaban J connectivity index is 1.23. The summed E-state index contributed by atoms with van der Waals surface area (Å²) in [6, 6.07) is 3.15. The van der Waals surface area contributed by atoms with Gasteiger partial charge in [0.05, 0.1) is 18.0 Å². The minimum atomic E-state index is -1.02. The Labute approximate surface area is 235 Å². The van der Waals surface area contributed by atoms with Crippen LogP contribution in [0.3, 0.4) is 0 Å². The highest BCUT2D eigenvalue weighted by Crippen LogP contribution is 2.71. The second-order valence-corrected chi connectivity index (χ2v) is 13.8. The summed E-state index contributed by atoms with van der Waals surface area (Å²) in [5, 5.41) is 22.5. The van der Waals surface area contributed by atoms with E-state index in [4.69, 9.17) is 13.9 Å². The second-order valence-electron chi connectivity index (χ2n) is 13.8. The zero-order valence-electron chi connectivity index (χ0n) is 23.8. The van der Waals surface area contributed by atoms with Crippen LogP contribution in [0.2, 0.25) is 0 Å². The summed E-state index contributed by atoms with van der Waals surface area (Å²) in [5.41, 5.74) is -1.17. The third-order valence-corrected chi connectivity index (χ3v) is 11.9. The maximum Gasteiger partial charge on any atom is 0.410 e. The molecule has 220 valence electrons. The molecular weight excluding hydrogens is 514 g/mol. The molecule has 0 radical (unpaired) electrons. The molecule has 2 N–H and O–H groups in total. The largest absolute Gasteiger partial charge is 0.462 e. The number of β-amino-alcohol motifs (C(OH)–C–C–N with tert-alkyl or cyclic N) is 1. The molecule has 4 aliphatic carbocycles. The van der Waals surface area contributed by atoms with Gasteiger partial charge in [-0.1, -0.05) is 13.8 Å². The van der Waals surface area contributed by atoms with Gasteiger partial charge in [0.25, 0.3) is 0 Å². The smallest absolute Gasteiger partial charge is 0.410 e. The maximum absolute atomic E-state index is 12.7. The Hall–Kier alpha value is -2.39. The number of carbonyl (C=O) groups is 2. The molecule has 1 aromatic rings. The minimum Gasteiger partial charge on any atom is -0.462 e. The van der Waals surface area contributed by atoms with Crippen LogP contribution in [0.1, 0.15) is 90.0 Å². The van der Waals surface area contributed by atoms with Gasteiger partial charge in [-0.05, 0) is 86.2 Å². The van der Waals surface area contributed by atoms with Crippen LogP contribution >= 0.6 is 0 Å². The van der Waals surface area contributed by atoms with Crippen molar-refractivity contribution in [3.05, 3.63) is 34.4 Å². The van der Waals surface area contributed by atoms with Crippen molar-refractivity contribution in [3.8, 4) is 0 Å². The third kappa shape index (κ3) is 4.30. The SMILES string of the molecule is CC(=O)O[C@H]1C[C@]2(O)[C@@H]3CC[C@@H]4C[C@@H](OC(=O)N5CC[C@@H](O)C5)CC[C@]4(C)[C@H]3CC[C@]2(C)[C@H]1c1ccc(=O)oc1. The van der Waals surface area contributed by atoms with Crippen molar-refractivity contribution in [2.45, 2.75) is 108 Å². The number of hydrogen-bond acceptors (Lipinski definition) is 8. The van der Waals surface area contributed by atoms with E-state index < -0.39 is 28.8 Å². The van der Waals surface area contributed by atoms with E-state index >= 15 is 0 Å². The number of fused-ring (bicyclic) bond motifs is 5. The van der Waals surface area contributed by atoms with E-state index in [2.05, 4.69) is 13.8 Å². The van der Waals surface area contributed by atoms with Crippen LogP contribution < -0.4 is 5.63 Å². The Kier molecular flexibility index (Phi) is 6.85. The number of amides is 1. The first-order valence-corrected chi connectivity index (χ1v) is 15.1. The summed E-state index contributed by atoms with van der Waals surface area (Å²) in [5.74, 6) is 0.150. The number of ether oxygens (including phenoxy) is 2. The van der Waals surface area contributed by atoms with Crippen molar-refractivity contribution < 1.29 is 33.7 Å². The monoisotopic (exact) mass is 557 g/mol. The predicted molar refractivity (Wildman–Crippen MR) is 144 cm³/mol. The van der Waals surface area contributed by atoms with Crippen molar-refractivity contribution in [2.24, 2.45) is 28.6 Å². The lowest BCUT2D eigenvalue weighted by molar-refractivity contribution is -0.205. The van der Waals surface area contributed by atoms with Crippen LogP contribution in [-0.4, -0.2) is 64.2 Å². The molecule has 9 heteroatoms. The lowest BCUT2D eigenvalue weighted by Gasteiger charge is -2.63. The van der Waals surface area contributed by atoms with Crippen LogP contribution in [0.15, 0.2) is 27.6 Å². The molecule has 1 aromatic heterocycles. The zero-order valence-corrected chi connectivity index (χ0v) is 23.8. The topological polar surface area (TPSA) is 127 Å². The van der Waals surface area contributed by atoms with E-state index in [9.17, 15) is 24.6 Å². The lowest BCUT2D eigenvalue weighted by atomic mass is 9.43. The molecule has 40 heavy (non-hydrogen) atoms. The van der Waals surface area contributed by atoms with Crippen molar-refractivity contribution in [2.75, 3.05) is 13.1 Å². The highest BCUT2D eigenvalue weighted by atomic mass is 16.6. The molecule has 0 spiro atoms. The fourth-order valence-electron chi connectivity index (χ4n) is 9.88. The maximum atomic E-state index is 12.7. The average molecular weight is 558 g/mol. The first-order valence-electron chi connectivity index (χ1n) is 15.1. The van der Waals surface area contributed by atoms with Gasteiger partial charge in [-0.3, -0.25) is 4.79 Å². The van der Waals surface area contributed by atoms with Crippen molar-refractivity contribution in [3.63, 3.8) is 0 Å². The number of aliphatic hydroxyl groups is 2. The van der Waals surface area contributed by atoms with Crippen LogP contribution in [-0.2, 0) is 14.3 Å². The average Bonchev–Trinajstić information content (AvgIpc) is 3.43. The lowest BCUT2D eigenvalue weighted by Crippen LogP contribution is -2.62. The van der Waals surface area contributed by atoms with Gasteiger partial charge in [-0.15, -0.1) is 0 Å². The number of rotatable bonds is 3. The highest BCUT2D eigenvalue weighted by molar-refractivity contribution is 5.68. The molecule has 1 saturated heterocycles. The molecule has 5 fully saturated rings. The van der Waals surface area contributed by atoms with Gasteiger partial charge in [0.2, 0.25) is 0 Å². The summed E-state index contributed by atoms with van der Waals surface area (Å²) in [6.07, 6.45) is 7.20. The van der Waals surface area contributed by atoms with Gasteiger partial charge < -0.3 is 29.0 Å². The first kappa shape index (κ1) is 27.8. The number of carbonyl (C=O) groups excluding carboxylic acids is 2. The molecule has 0 bridgehead atoms. The van der Waals surface area contributed by atoms with Gasteiger partial charge in [0.15, 0.2) is 0 Å². The number of nitrogens with zero attached hydrogens (tertiary/aromatic N) is 1. The molecular formula is C31H43NO8. The predicted octanol–water partition coefficient (Wildman–Crippen LogP) is 3.99. The van der Waals surface area contributed by atoms with Gasteiger partial charge in [-0.2, -0.15) is 0 Å². The Morgan fingerprint density at radius 1 is 1.05 bits per heavy atom. The molecule has 1 aliphatic heterocycles. The van der Waals surface area contributed by atoms with E-state index in [0.29, 0.717) is 37.8 Å². The van der Waals surface area contributed by atoms with Crippen LogP contribution in [0.4, 0.5) is 4.79 Å². The third-order valence-electron chi connectivity index (χ3n) is 11.9. The van der Waals surface area contributed by atoms with Gasteiger partial charge in [0.1, 0.15) is 12.2 Å². The molecule has 0 aromatic carbocycles. The number of hydrogen-bond donors (Lipinski definition) is 2. The van der Waals surface area contributed by atoms with Gasteiger partial charge in [-0.25, -0.2) is 9.59 Å². The standard InChI is InChI=1S/C31H43NO8/c1-18(33)39-25-15-31(37)24-6-5-20-14-22(40-28(36)32-13-10-21(34)16-32)8-11-29(20,2)23(24)9-12-30(31,3)27(25)19-4-7-26(35)38-17-19/h4,7,17,20-25,27,34,37H,5-6,8-16H2,1-3H3/t20-,21-,22+,23+,24-,25+,27+,29+,30-,31+/m1/s1. The first-order chi connectivity index (χ1) is 18.9. The van der Waals surface area contributed by atoms with Crippen LogP contribution in [0.5, 0.6) is 0 Å². The molecule has 5 aliphatic rings. The van der Waals surface area contributed by atoms with Crippen molar-refractivity contribution >= 4 is 12.1 Å². The molecule has 1 amide bonds. The second kappa shape index (κ2) is 9.86. The Bertz CT molecular complexity index is 1200. The summed E-state index contributed by atoms with van der Waals surface area (Å²) in [7, 11) is 0. The van der Waals surface area contributed by atoms with Gasteiger partial charge >= 0.3 is 17.7 Å². The van der Waals surface area contributed by atoms with Crippen LogP contribution in [0, 0.1) is 28.6 Å². The van der Waals surface area contributed by atoms with Crippen LogP contribution in [0.25, 0.3) is 0 Å².